The van der Waals surface area contributed by atoms with Crippen molar-refractivity contribution in [1.29, 1.82) is 0 Å². The second kappa shape index (κ2) is 10.9. The van der Waals surface area contributed by atoms with E-state index < -0.39 is 0 Å². The largest absolute Gasteiger partial charge is 0.381 e. The number of nitrogens with zero attached hydrogens (tertiary/aromatic N) is 3. The molecule has 1 N–H and O–H groups in total. The van der Waals surface area contributed by atoms with E-state index in [-0.39, 0.29) is 0 Å². The fourth-order valence-corrected chi connectivity index (χ4v) is 2.71. The zero-order chi connectivity index (χ0) is 15.5. The lowest BCUT2D eigenvalue weighted by atomic mass is 10.1. The Hall–Kier alpha value is -0.810. The lowest BCUT2D eigenvalue weighted by Gasteiger charge is -2.25. The van der Waals surface area contributed by atoms with Gasteiger partial charge in [0.25, 0.3) is 0 Å². The van der Waals surface area contributed by atoms with Gasteiger partial charge in [0.15, 0.2) is 5.96 Å². The smallest absolute Gasteiger partial charge is 0.193 e. The van der Waals surface area contributed by atoms with Gasteiger partial charge >= 0.3 is 0 Å². The Kier molecular flexibility index (Phi) is 9.42. The SMILES string of the molecule is CCCN(CC)CCN=C(NCC)N(C)CC1CCOC1. The summed E-state index contributed by atoms with van der Waals surface area (Å²) in [5, 5.41) is 3.40. The third kappa shape index (κ3) is 7.14. The molecular weight excluding hydrogens is 264 g/mol. The first-order chi connectivity index (χ1) is 10.2. The first-order valence-electron chi connectivity index (χ1n) is 8.50. The van der Waals surface area contributed by atoms with Crippen LogP contribution in [0.5, 0.6) is 0 Å². The summed E-state index contributed by atoms with van der Waals surface area (Å²) in [4.78, 5) is 9.48. The second-order valence-corrected chi connectivity index (χ2v) is 5.78. The maximum Gasteiger partial charge on any atom is 0.193 e. The molecule has 0 saturated carbocycles. The summed E-state index contributed by atoms with van der Waals surface area (Å²) in [5.74, 6) is 1.67. The molecule has 5 heteroatoms. The molecule has 1 aliphatic heterocycles. The average molecular weight is 298 g/mol. The van der Waals surface area contributed by atoms with Crippen molar-refractivity contribution in [2.24, 2.45) is 10.9 Å². The molecule has 1 heterocycles. The molecule has 124 valence electrons. The zero-order valence-corrected chi connectivity index (χ0v) is 14.4. The van der Waals surface area contributed by atoms with Crippen molar-refractivity contribution in [1.82, 2.24) is 15.1 Å². The van der Waals surface area contributed by atoms with Gasteiger partial charge in [-0.05, 0) is 32.9 Å². The van der Waals surface area contributed by atoms with Crippen LogP contribution in [0.15, 0.2) is 4.99 Å². The maximum absolute atomic E-state index is 5.46. The number of aliphatic imine (C=N–C) groups is 1. The van der Waals surface area contributed by atoms with Crippen LogP contribution in [-0.2, 0) is 4.74 Å². The number of likely N-dealkylation sites (N-methyl/N-ethyl adjacent to an activating group) is 1. The predicted molar refractivity (Wildman–Crippen MR) is 89.9 cm³/mol. The molecule has 5 nitrogen and oxygen atoms in total. The van der Waals surface area contributed by atoms with Crippen molar-refractivity contribution in [2.75, 3.05) is 59.5 Å². The molecule has 0 aromatic carbocycles. The Morgan fingerprint density at radius 3 is 2.67 bits per heavy atom. The number of rotatable bonds is 9. The van der Waals surface area contributed by atoms with Crippen molar-refractivity contribution in [3.8, 4) is 0 Å². The first-order valence-corrected chi connectivity index (χ1v) is 8.50. The highest BCUT2D eigenvalue weighted by atomic mass is 16.5. The van der Waals surface area contributed by atoms with Crippen molar-refractivity contribution in [3.05, 3.63) is 0 Å². The molecule has 0 radical (unpaired) electrons. The summed E-state index contributed by atoms with van der Waals surface area (Å²) >= 11 is 0. The topological polar surface area (TPSA) is 40.1 Å². The van der Waals surface area contributed by atoms with Gasteiger partial charge in [0.2, 0.25) is 0 Å². The summed E-state index contributed by atoms with van der Waals surface area (Å²) < 4.78 is 5.46. The highest BCUT2D eigenvalue weighted by Gasteiger charge is 2.18. The van der Waals surface area contributed by atoms with Crippen molar-refractivity contribution < 1.29 is 4.74 Å². The summed E-state index contributed by atoms with van der Waals surface area (Å²) in [6.45, 7) is 14.5. The predicted octanol–water partition coefficient (Wildman–Crippen LogP) is 1.65. The minimum atomic E-state index is 0.645. The molecule has 0 amide bonds. The normalized spacial score (nSPS) is 19.3. The Morgan fingerprint density at radius 1 is 1.29 bits per heavy atom. The Bertz CT molecular complexity index is 290. The number of guanidine groups is 1. The van der Waals surface area contributed by atoms with Crippen LogP contribution < -0.4 is 5.32 Å². The fraction of sp³-hybridized carbons (Fsp3) is 0.938. The van der Waals surface area contributed by atoms with E-state index in [0.29, 0.717) is 5.92 Å². The summed E-state index contributed by atoms with van der Waals surface area (Å²) in [6, 6.07) is 0. The molecular formula is C16H34N4O. The van der Waals surface area contributed by atoms with E-state index in [1.165, 1.54) is 12.8 Å². The van der Waals surface area contributed by atoms with Crippen LogP contribution in [0.2, 0.25) is 0 Å². The molecule has 0 bridgehead atoms. The Balaban J connectivity index is 2.43. The highest BCUT2D eigenvalue weighted by molar-refractivity contribution is 5.79. The van der Waals surface area contributed by atoms with Crippen LogP contribution >= 0.6 is 0 Å². The van der Waals surface area contributed by atoms with Gasteiger partial charge in [-0.2, -0.15) is 0 Å². The number of hydrogen-bond donors (Lipinski definition) is 1. The van der Waals surface area contributed by atoms with E-state index in [4.69, 9.17) is 9.73 Å². The van der Waals surface area contributed by atoms with Crippen LogP contribution in [0.4, 0.5) is 0 Å². The van der Waals surface area contributed by atoms with Crippen LogP contribution in [-0.4, -0.2) is 75.3 Å². The molecule has 0 aromatic heterocycles. The van der Waals surface area contributed by atoms with Gasteiger partial charge in [0.1, 0.15) is 0 Å². The van der Waals surface area contributed by atoms with Crippen molar-refractivity contribution >= 4 is 5.96 Å². The molecule has 1 atom stereocenters. The van der Waals surface area contributed by atoms with Gasteiger partial charge in [-0.15, -0.1) is 0 Å². The maximum atomic E-state index is 5.46. The fourth-order valence-electron chi connectivity index (χ4n) is 2.71. The first kappa shape index (κ1) is 18.2. The van der Waals surface area contributed by atoms with Crippen LogP contribution in [0.1, 0.15) is 33.6 Å². The number of hydrogen-bond acceptors (Lipinski definition) is 3. The van der Waals surface area contributed by atoms with E-state index >= 15 is 0 Å². The van der Waals surface area contributed by atoms with E-state index in [2.05, 4.69) is 42.9 Å². The highest BCUT2D eigenvalue weighted by Crippen LogP contribution is 2.13. The Labute approximate surface area is 130 Å². The minimum Gasteiger partial charge on any atom is -0.381 e. The lowest BCUT2D eigenvalue weighted by molar-refractivity contribution is 0.181. The standard InChI is InChI=1S/C16H34N4O/c1-5-10-20(7-3)11-9-18-16(17-6-2)19(4)13-15-8-12-21-14-15/h15H,5-14H2,1-4H3,(H,17,18). The van der Waals surface area contributed by atoms with Gasteiger partial charge in [0, 0.05) is 39.2 Å². The molecule has 1 unspecified atom stereocenters. The third-order valence-corrected chi connectivity index (χ3v) is 3.92. The van der Waals surface area contributed by atoms with Crippen molar-refractivity contribution in [2.45, 2.75) is 33.6 Å². The molecule has 0 aliphatic carbocycles. The monoisotopic (exact) mass is 298 g/mol. The lowest BCUT2D eigenvalue weighted by Crippen LogP contribution is -2.42. The van der Waals surface area contributed by atoms with E-state index in [9.17, 15) is 0 Å². The molecule has 21 heavy (non-hydrogen) atoms. The van der Waals surface area contributed by atoms with Gasteiger partial charge in [0.05, 0.1) is 13.2 Å². The molecule has 1 saturated heterocycles. The van der Waals surface area contributed by atoms with Crippen LogP contribution in [0.25, 0.3) is 0 Å². The number of ether oxygens (including phenoxy) is 1. The van der Waals surface area contributed by atoms with E-state index in [0.717, 1.165) is 58.4 Å². The van der Waals surface area contributed by atoms with Crippen LogP contribution in [0, 0.1) is 5.92 Å². The molecule has 1 aliphatic rings. The van der Waals surface area contributed by atoms with E-state index in [1.54, 1.807) is 0 Å². The summed E-state index contributed by atoms with van der Waals surface area (Å²) in [7, 11) is 2.13. The second-order valence-electron chi connectivity index (χ2n) is 5.78. The molecule has 1 rings (SSSR count). The molecule has 1 fully saturated rings. The summed E-state index contributed by atoms with van der Waals surface area (Å²) in [6.07, 6.45) is 2.38. The van der Waals surface area contributed by atoms with Gasteiger partial charge in [-0.25, -0.2) is 0 Å². The van der Waals surface area contributed by atoms with Crippen LogP contribution in [0.3, 0.4) is 0 Å². The Morgan fingerprint density at radius 2 is 2.10 bits per heavy atom. The van der Waals surface area contributed by atoms with Gasteiger partial charge in [-0.1, -0.05) is 13.8 Å². The molecule has 0 spiro atoms. The van der Waals surface area contributed by atoms with Gasteiger partial charge in [-0.3, -0.25) is 4.99 Å². The summed E-state index contributed by atoms with van der Waals surface area (Å²) in [5.41, 5.74) is 0. The zero-order valence-electron chi connectivity index (χ0n) is 14.4. The quantitative estimate of drug-likeness (QED) is 0.519. The minimum absolute atomic E-state index is 0.645. The average Bonchev–Trinajstić information content (AvgIpc) is 2.98. The number of nitrogens with one attached hydrogen (secondary N) is 1. The van der Waals surface area contributed by atoms with Crippen molar-refractivity contribution in [3.63, 3.8) is 0 Å². The van der Waals surface area contributed by atoms with E-state index in [1.807, 2.05) is 0 Å². The molecule has 0 aromatic rings. The third-order valence-electron chi connectivity index (χ3n) is 3.92. The van der Waals surface area contributed by atoms with Gasteiger partial charge < -0.3 is 19.9 Å².